The first-order valence-electron chi connectivity index (χ1n) is 3.30. The number of halogens is 4. The predicted molar refractivity (Wildman–Crippen MR) is 44.4 cm³/mol. The Hall–Kier alpha value is -0.840. The van der Waals surface area contributed by atoms with Gasteiger partial charge in [0.05, 0.1) is 10.9 Å². The van der Waals surface area contributed by atoms with Gasteiger partial charge in [-0.1, -0.05) is 15.9 Å². The molecule has 0 heterocycles. The standard InChI is InChI=1S/C8H4BrF3O/c9-3-6(13)7-4(10)1-2-5(11)8(7)12/h1-2H,3H2. The summed E-state index contributed by atoms with van der Waals surface area (Å²) < 4.78 is 38.2. The number of hydrogen-bond donors (Lipinski definition) is 0. The van der Waals surface area contributed by atoms with E-state index >= 15 is 0 Å². The van der Waals surface area contributed by atoms with Crippen molar-refractivity contribution < 1.29 is 18.0 Å². The summed E-state index contributed by atoms with van der Waals surface area (Å²) in [4.78, 5) is 10.9. The van der Waals surface area contributed by atoms with E-state index in [1.165, 1.54) is 0 Å². The third-order valence-corrected chi connectivity index (χ3v) is 1.95. The molecule has 0 fully saturated rings. The number of alkyl halides is 1. The van der Waals surface area contributed by atoms with Gasteiger partial charge in [-0.15, -0.1) is 0 Å². The first-order valence-corrected chi connectivity index (χ1v) is 4.42. The minimum absolute atomic E-state index is 0.246. The summed E-state index contributed by atoms with van der Waals surface area (Å²) >= 11 is 2.74. The van der Waals surface area contributed by atoms with Gasteiger partial charge in [0, 0.05) is 0 Å². The molecule has 0 atom stereocenters. The quantitative estimate of drug-likeness (QED) is 0.450. The van der Waals surface area contributed by atoms with Crippen LogP contribution in [0.4, 0.5) is 13.2 Å². The number of Topliss-reactive ketones (excluding diaryl/α,β-unsaturated/α-hetero) is 1. The van der Waals surface area contributed by atoms with Crippen molar-refractivity contribution in [3.63, 3.8) is 0 Å². The van der Waals surface area contributed by atoms with Crippen LogP contribution in [0.2, 0.25) is 0 Å². The molecule has 0 aliphatic carbocycles. The van der Waals surface area contributed by atoms with E-state index in [0.29, 0.717) is 12.1 Å². The van der Waals surface area contributed by atoms with Crippen LogP contribution in [-0.2, 0) is 0 Å². The fourth-order valence-electron chi connectivity index (χ4n) is 0.849. The number of benzene rings is 1. The molecule has 1 nitrogen and oxygen atoms in total. The molecule has 0 N–H and O–H groups in total. The Labute approximate surface area is 80.7 Å². The highest BCUT2D eigenvalue weighted by Gasteiger charge is 2.19. The second-order valence-corrected chi connectivity index (χ2v) is 2.84. The molecule has 70 valence electrons. The van der Waals surface area contributed by atoms with Gasteiger partial charge in [-0.3, -0.25) is 4.79 Å². The highest BCUT2D eigenvalue weighted by Crippen LogP contribution is 2.16. The third-order valence-electron chi connectivity index (χ3n) is 1.44. The summed E-state index contributed by atoms with van der Waals surface area (Å²) in [7, 11) is 0. The van der Waals surface area contributed by atoms with Gasteiger partial charge in [0.25, 0.3) is 0 Å². The predicted octanol–water partition coefficient (Wildman–Crippen LogP) is 2.68. The van der Waals surface area contributed by atoms with Gasteiger partial charge in [0.15, 0.2) is 17.4 Å². The van der Waals surface area contributed by atoms with Crippen molar-refractivity contribution in [1.82, 2.24) is 0 Å². The maximum Gasteiger partial charge on any atom is 0.179 e. The zero-order valence-electron chi connectivity index (χ0n) is 6.28. The van der Waals surface area contributed by atoms with E-state index in [9.17, 15) is 18.0 Å². The van der Waals surface area contributed by atoms with Crippen LogP contribution in [0.5, 0.6) is 0 Å². The van der Waals surface area contributed by atoms with Gasteiger partial charge in [-0.05, 0) is 12.1 Å². The van der Waals surface area contributed by atoms with Crippen LogP contribution in [0.15, 0.2) is 12.1 Å². The minimum Gasteiger partial charge on any atom is -0.293 e. The van der Waals surface area contributed by atoms with Crippen LogP contribution < -0.4 is 0 Å². The molecular formula is C8H4BrF3O. The fourth-order valence-corrected chi connectivity index (χ4v) is 1.13. The smallest absolute Gasteiger partial charge is 0.179 e. The summed E-state index contributed by atoms with van der Waals surface area (Å²) in [5, 5.41) is -0.246. The second-order valence-electron chi connectivity index (χ2n) is 2.27. The molecule has 1 aromatic rings. The third kappa shape index (κ3) is 1.91. The van der Waals surface area contributed by atoms with Crippen molar-refractivity contribution in [2.75, 3.05) is 5.33 Å². The van der Waals surface area contributed by atoms with Gasteiger partial charge >= 0.3 is 0 Å². The molecule has 0 unspecified atom stereocenters. The Morgan fingerprint density at radius 2 is 1.77 bits per heavy atom. The normalized spacial score (nSPS) is 10.2. The van der Waals surface area contributed by atoms with Crippen LogP contribution in [0.25, 0.3) is 0 Å². The SMILES string of the molecule is O=C(CBr)c1c(F)ccc(F)c1F. The maximum atomic E-state index is 12.8. The summed E-state index contributed by atoms with van der Waals surface area (Å²) in [6.07, 6.45) is 0. The highest BCUT2D eigenvalue weighted by molar-refractivity contribution is 9.09. The summed E-state index contributed by atoms with van der Waals surface area (Å²) in [5.41, 5.74) is -0.836. The second kappa shape index (κ2) is 3.91. The Bertz CT molecular complexity index is 351. The van der Waals surface area contributed by atoms with Crippen LogP contribution >= 0.6 is 15.9 Å². The van der Waals surface area contributed by atoms with E-state index in [4.69, 9.17) is 0 Å². The molecule has 13 heavy (non-hydrogen) atoms. The number of hydrogen-bond acceptors (Lipinski definition) is 1. The average Bonchev–Trinajstić information content (AvgIpc) is 2.12. The molecule has 0 aliphatic heterocycles. The van der Waals surface area contributed by atoms with E-state index in [0.717, 1.165) is 0 Å². The first kappa shape index (κ1) is 10.2. The van der Waals surface area contributed by atoms with Gasteiger partial charge in [-0.25, -0.2) is 13.2 Å². The lowest BCUT2D eigenvalue weighted by Gasteiger charge is -2.01. The maximum absolute atomic E-state index is 12.8. The van der Waals surface area contributed by atoms with Gasteiger partial charge < -0.3 is 0 Å². The lowest BCUT2D eigenvalue weighted by molar-refractivity contribution is 0.101. The first-order chi connectivity index (χ1) is 6.07. The Kier molecular flexibility index (Phi) is 3.08. The van der Waals surface area contributed by atoms with Crippen LogP contribution in [0.3, 0.4) is 0 Å². The summed E-state index contributed by atoms with van der Waals surface area (Å²) in [6, 6.07) is 1.35. The number of carbonyl (C=O) groups excluding carboxylic acids is 1. The number of ketones is 1. The molecule has 0 radical (unpaired) electrons. The minimum atomic E-state index is -1.44. The van der Waals surface area contributed by atoms with E-state index in [1.54, 1.807) is 0 Å². The Morgan fingerprint density at radius 3 is 2.31 bits per heavy atom. The largest absolute Gasteiger partial charge is 0.293 e. The topological polar surface area (TPSA) is 17.1 Å². The molecule has 0 spiro atoms. The van der Waals surface area contributed by atoms with Gasteiger partial charge in [0.1, 0.15) is 5.82 Å². The van der Waals surface area contributed by atoms with Crippen LogP contribution in [0.1, 0.15) is 10.4 Å². The van der Waals surface area contributed by atoms with Crippen molar-refractivity contribution in [3.8, 4) is 0 Å². The van der Waals surface area contributed by atoms with E-state index in [2.05, 4.69) is 15.9 Å². The molecule has 1 rings (SSSR count). The van der Waals surface area contributed by atoms with Crippen molar-refractivity contribution in [3.05, 3.63) is 35.1 Å². The summed E-state index contributed by atoms with van der Waals surface area (Å²) in [6.45, 7) is 0. The molecule has 0 aromatic heterocycles. The van der Waals surface area contributed by atoms with E-state index < -0.39 is 28.8 Å². The zero-order valence-corrected chi connectivity index (χ0v) is 7.87. The molecule has 0 aliphatic rings. The zero-order chi connectivity index (χ0) is 10.0. The molecular weight excluding hydrogens is 249 g/mol. The molecule has 0 saturated carbocycles. The monoisotopic (exact) mass is 252 g/mol. The van der Waals surface area contributed by atoms with Crippen molar-refractivity contribution in [1.29, 1.82) is 0 Å². The molecule has 0 amide bonds. The van der Waals surface area contributed by atoms with Crippen LogP contribution in [0, 0.1) is 17.5 Å². The fraction of sp³-hybridized carbons (Fsp3) is 0.125. The number of rotatable bonds is 2. The molecule has 0 saturated heterocycles. The number of carbonyl (C=O) groups is 1. The lowest BCUT2D eigenvalue weighted by atomic mass is 10.1. The molecule has 1 aromatic carbocycles. The van der Waals surface area contributed by atoms with E-state index in [1.807, 2.05) is 0 Å². The van der Waals surface area contributed by atoms with Crippen molar-refractivity contribution in [2.45, 2.75) is 0 Å². The summed E-state index contributed by atoms with van der Waals surface area (Å²) in [5.74, 6) is -4.55. The molecule has 0 bridgehead atoms. The lowest BCUT2D eigenvalue weighted by Crippen LogP contribution is -2.08. The average molecular weight is 253 g/mol. The van der Waals surface area contributed by atoms with Gasteiger partial charge in [0.2, 0.25) is 0 Å². The van der Waals surface area contributed by atoms with Crippen LogP contribution in [-0.4, -0.2) is 11.1 Å². The Balaban J connectivity index is 3.33. The van der Waals surface area contributed by atoms with Gasteiger partial charge in [-0.2, -0.15) is 0 Å². The van der Waals surface area contributed by atoms with Crippen molar-refractivity contribution >= 4 is 21.7 Å². The Morgan fingerprint density at radius 1 is 1.23 bits per heavy atom. The van der Waals surface area contributed by atoms with Crippen molar-refractivity contribution in [2.24, 2.45) is 0 Å². The highest BCUT2D eigenvalue weighted by atomic mass is 79.9. The van der Waals surface area contributed by atoms with E-state index in [-0.39, 0.29) is 5.33 Å². The molecule has 5 heteroatoms.